The molecule has 5 heteroatoms. The Bertz CT molecular complexity index is 788. The molecular formula is C28H46ClNO3. The van der Waals surface area contributed by atoms with Crippen LogP contribution in [0.3, 0.4) is 0 Å². The molecule has 1 aromatic rings. The van der Waals surface area contributed by atoms with Crippen LogP contribution in [0, 0.1) is 5.92 Å². The fourth-order valence-corrected chi connectivity index (χ4v) is 6.53. The molecule has 4 rings (SSSR count). The highest BCUT2D eigenvalue weighted by Gasteiger charge is 2.48. The van der Waals surface area contributed by atoms with Gasteiger partial charge in [-0.2, -0.15) is 0 Å². The maximum Gasteiger partial charge on any atom is 0.127 e. The summed E-state index contributed by atoms with van der Waals surface area (Å²) in [7, 11) is 0. The molecule has 2 aliphatic heterocycles. The number of unbranched alkanes of at least 4 members (excludes halogenated alkanes) is 3. The molecule has 3 atom stereocenters. The molecule has 1 unspecified atom stereocenters. The van der Waals surface area contributed by atoms with Crippen LogP contribution < -0.4 is 4.74 Å². The van der Waals surface area contributed by atoms with Crippen molar-refractivity contribution in [2.75, 3.05) is 26.3 Å². The number of hydrogen-bond donors (Lipinski definition) is 1. The van der Waals surface area contributed by atoms with Gasteiger partial charge in [-0.05, 0) is 68.6 Å². The van der Waals surface area contributed by atoms with E-state index in [4.69, 9.17) is 9.47 Å². The highest BCUT2D eigenvalue weighted by Crippen LogP contribution is 2.55. The van der Waals surface area contributed by atoms with E-state index in [1.165, 1.54) is 37.7 Å². The van der Waals surface area contributed by atoms with E-state index in [9.17, 15) is 5.11 Å². The second-order valence-electron chi connectivity index (χ2n) is 11.6. The SMILES string of the molecule is CCCCCCC(C)(C)c1cc(O)c2c(c1)OC(C)(C)[C@@H]1CCC(N3CCOCC3)C[C@@H]21.Cl. The Morgan fingerprint density at radius 2 is 1.82 bits per heavy atom. The Kier molecular flexibility index (Phi) is 8.67. The van der Waals surface area contributed by atoms with Crippen molar-refractivity contribution in [1.29, 1.82) is 0 Å². The van der Waals surface area contributed by atoms with Crippen molar-refractivity contribution in [2.24, 2.45) is 5.92 Å². The molecule has 2 fully saturated rings. The summed E-state index contributed by atoms with van der Waals surface area (Å²) in [6.07, 6.45) is 9.70. The van der Waals surface area contributed by atoms with Gasteiger partial charge in [0.15, 0.2) is 0 Å². The predicted molar refractivity (Wildman–Crippen MR) is 138 cm³/mol. The van der Waals surface area contributed by atoms with E-state index < -0.39 is 0 Å². The number of nitrogens with zero attached hydrogens (tertiary/aromatic N) is 1. The van der Waals surface area contributed by atoms with Gasteiger partial charge in [0.25, 0.3) is 0 Å². The topological polar surface area (TPSA) is 41.9 Å². The largest absolute Gasteiger partial charge is 0.508 e. The number of benzene rings is 1. The molecule has 3 aliphatic rings. The molecule has 1 saturated heterocycles. The summed E-state index contributed by atoms with van der Waals surface area (Å²) in [5.41, 5.74) is 2.11. The minimum Gasteiger partial charge on any atom is -0.508 e. The molecule has 0 bridgehead atoms. The third-order valence-corrected chi connectivity index (χ3v) is 8.58. The first-order valence-corrected chi connectivity index (χ1v) is 13.1. The molecule has 33 heavy (non-hydrogen) atoms. The van der Waals surface area contributed by atoms with Crippen LogP contribution in [0.2, 0.25) is 0 Å². The van der Waals surface area contributed by atoms with Crippen molar-refractivity contribution >= 4 is 12.4 Å². The number of ether oxygens (including phenoxy) is 2. The molecule has 1 N–H and O–H groups in total. The summed E-state index contributed by atoms with van der Waals surface area (Å²) < 4.78 is 12.2. The van der Waals surface area contributed by atoms with Gasteiger partial charge < -0.3 is 14.6 Å². The summed E-state index contributed by atoms with van der Waals surface area (Å²) in [5, 5.41) is 11.3. The van der Waals surface area contributed by atoms with Crippen LogP contribution in [0.15, 0.2) is 12.1 Å². The molecule has 1 saturated carbocycles. The summed E-state index contributed by atoms with van der Waals surface area (Å²) in [6, 6.07) is 4.89. The van der Waals surface area contributed by atoms with E-state index in [-0.39, 0.29) is 23.4 Å². The number of morpholine rings is 1. The minimum atomic E-state index is -0.204. The van der Waals surface area contributed by atoms with Crippen molar-refractivity contribution in [3.8, 4) is 11.5 Å². The van der Waals surface area contributed by atoms with Crippen LogP contribution in [0.25, 0.3) is 0 Å². The molecule has 1 aromatic carbocycles. The lowest BCUT2D eigenvalue weighted by molar-refractivity contribution is -0.0404. The molecule has 1 aliphatic carbocycles. The summed E-state index contributed by atoms with van der Waals surface area (Å²) >= 11 is 0. The van der Waals surface area contributed by atoms with Crippen molar-refractivity contribution in [1.82, 2.24) is 4.90 Å². The van der Waals surface area contributed by atoms with E-state index in [0.717, 1.165) is 56.9 Å². The van der Waals surface area contributed by atoms with E-state index in [1.807, 2.05) is 0 Å². The number of halogens is 1. The molecular weight excluding hydrogens is 434 g/mol. The van der Waals surface area contributed by atoms with Crippen molar-refractivity contribution < 1.29 is 14.6 Å². The van der Waals surface area contributed by atoms with Gasteiger partial charge in [0.2, 0.25) is 0 Å². The Hall–Kier alpha value is -0.970. The second-order valence-corrected chi connectivity index (χ2v) is 11.6. The minimum absolute atomic E-state index is 0. The number of hydrogen-bond acceptors (Lipinski definition) is 4. The first-order valence-electron chi connectivity index (χ1n) is 13.1. The van der Waals surface area contributed by atoms with E-state index in [2.05, 4.69) is 51.7 Å². The number of phenols is 1. The second kappa shape index (κ2) is 10.7. The summed E-state index contributed by atoms with van der Waals surface area (Å²) in [4.78, 5) is 2.62. The zero-order chi connectivity index (χ0) is 22.9. The van der Waals surface area contributed by atoms with Crippen molar-refractivity contribution in [3.05, 3.63) is 23.3 Å². The van der Waals surface area contributed by atoms with Gasteiger partial charge >= 0.3 is 0 Å². The lowest BCUT2D eigenvalue weighted by Crippen LogP contribution is -2.52. The van der Waals surface area contributed by atoms with Gasteiger partial charge in [-0.25, -0.2) is 0 Å². The summed E-state index contributed by atoms with van der Waals surface area (Å²) in [5.74, 6) is 2.19. The Morgan fingerprint density at radius 3 is 2.52 bits per heavy atom. The van der Waals surface area contributed by atoms with Gasteiger partial charge in [-0.15, -0.1) is 12.4 Å². The first-order chi connectivity index (χ1) is 15.2. The molecule has 188 valence electrons. The fourth-order valence-electron chi connectivity index (χ4n) is 6.53. The average Bonchev–Trinajstić information content (AvgIpc) is 2.76. The number of fused-ring (bicyclic) bond motifs is 3. The maximum absolute atomic E-state index is 11.3. The maximum atomic E-state index is 11.3. The number of phenolic OH excluding ortho intramolecular Hbond substituents is 1. The zero-order valence-corrected chi connectivity index (χ0v) is 22.3. The third kappa shape index (κ3) is 5.65. The molecule has 2 heterocycles. The van der Waals surface area contributed by atoms with Crippen LogP contribution >= 0.6 is 12.4 Å². The van der Waals surface area contributed by atoms with Gasteiger partial charge in [0.1, 0.15) is 17.1 Å². The first kappa shape index (κ1) is 26.6. The number of aromatic hydroxyl groups is 1. The van der Waals surface area contributed by atoms with Crippen LogP contribution in [0.4, 0.5) is 0 Å². The Balaban J connectivity index is 0.00000306. The number of rotatable bonds is 7. The van der Waals surface area contributed by atoms with Gasteiger partial charge in [0, 0.05) is 30.6 Å². The van der Waals surface area contributed by atoms with Gasteiger partial charge in [-0.1, -0.05) is 46.5 Å². The molecule has 0 amide bonds. The zero-order valence-electron chi connectivity index (χ0n) is 21.5. The Labute approximate surface area is 207 Å². The van der Waals surface area contributed by atoms with Crippen LogP contribution in [0.5, 0.6) is 11.5 Å². The van der Waals surface area contributed by atoms with Gasteiger partial charge in [-0.3, -0.25) is 4.90 Å². The standard InChI is InChI=1S/C28H45NO3.ClH/c1-6-7-8-9-12-27(2,3)20-17-24(30)26-22-19-21(29-13-15-31-16-14-29)10-11-23(22)28(4,5)32-25(26)18-20;/h17-18,21-23,30H,6-16,19H2,1-5H3;1H/t21?,22-,23-;/m1./s1. The fraction of sp³-hybridized carbons (Fsp3) is 0.786. The van der Waals surface area contributed by atoms with Crippen LogP contribution in [-0.2, 0) is 10.2 Å². The van der Waals surface area contributed by atoms with E-state index >= 15 is 0 Å². The van der Waals surface area contributed by atoms with Crippen molar-refractivity contribution in [2.45, 2.75) is 109 Å². The monoisotopic (exact) mass is 479 g/mol. The normalized spacial score (nSPS) is 27.1. The van der Waals surface area contributed by atoms with E-state index in [1.54, 1.807) is 0 Å². The summed E-state index contributed by atoms with van der Waals surface area (Å²) in [6.45, 7) is 15.1. The smallest absolute Gasteiger partial charge is 0.127 e. The predicted octanol–water partition coefficient (Wildman–Crippen LogP) is 6.82. The third-order valence-electron chi connectivity index (χ3n) is 8.58. The molecule has 0 spiro atoms. The van der Waals surface area contributed by atoms with Gasteiger partial charge in [0.05, 0.1) is 13.2 Å². The van der Waals surface area contributed by atoms with Crippen molar-refractivity contribution in [3.63, 3.8) is 0 Å². The lowest BCUT2D eigenvalue weighted by atomic mass is 9.64. The molecule has 4 nitrogen and oxygen atoms in total. The quantitative estimate of drug-likeness (QED) is 0.436. The van der Waals surface area contributed by atoms with E-state index in [0.29, 0.717) is 23.6 Å². The van der Waals surface area contributed by atoms with Crippen LogP contribution in [0.1, 0.15) is 103 Å². The highest BCUT2D eigenvalue weighted by atomic mass is 35.5. The average molecular weight is 480 g/mol. The Morgan fingerprint density at radius 1 is 1.09 bits per heavy atom. The lowest BCUT2D eigenvalue weighted by Gasteiger charge is -2.51. The molecule has 0 aromatic heterocycles. The van der Waals surface area contributed by atoms with Crippen LogP contribution in [-0.4, -0.2) is 48.0 Å². The highest BCUT2D eigenvalue weighted by molar-refractivity contribution is 5.85. The molecule has 0 radical (unpaired) electrons.